The lowest BCUT2D eigenvalue weighted by Crippen LogP contribution is -2.29. The smallest absolute Gasteiger partial charge is 0.0427 e. The molecular weight excluding hydrogens is 162 g/mol. The van der Waals surface area contributed by atoms with Crippen LogP contribution >= 0.6 is 0 Å². The summed E-state index contributed by atoms with van der Waals surface area (Å²) in [5.41, 5.74) is 7.98. The Labute approximate surface area is 79.6 Å². The third-order valence-electron chi connectivity index (χ3n) is 2.11. The van der Waals surface area contributed by atoms with Gasteiger partial charge in [-0.25, -0.2) is 0 Å². The third kappa shape index (κ3) is 2.42. The van der Waals surface area contributed by atoms with Gasteiger partial charge in [0.2, 0.25) is 0 Å². The predicted octanol–water partition coefficient (Wildman–Crippen LogP) is 1.18. The van der Waals surface area contributed by atoms with Gasteiger partial charge in [0.1, 0.15) is 0 Å². The van der Waals surface area contributed by atoms with Gasteiger partial charge in [0.25, 0.3) is 0 Å². The van der Waals surface area contributed by atoms with E-state index >= 15 is 0 Å². The highest BCUT2D eigenvalue weighted by atomic mass is 15.1. The van der Waals surface area contributed by atoms with E-state index in [0.717, 1.165) is 13.1 Å². The zero-order valence-corrected chi connectivity index (χ0v) is 8.33. The van der Waals surface area contributed by atoms with Crippen LogP contribution < -0.4 is 10.6 Å². The molecule has 1 aromatic rings. The molecule has 0 atom stereocenters. The molecule has 0 aromatic carbocycles. The quantitative estimate of drug-likeness (QED) is 0.754. The first-order valence-electron chi connectivity index (χ1n) is 4.65. The maximum Gasteiger partial charge on any atom is 0.0427 e. The number of nitrogens with two attached hydrogens (primary N) is 1. The number of pyridine rings is 1. The van der Waals surface area contributed by atoms with Crippen LogP contribution in [0.15, 0.2) is 18.5 Å². The van der Waals surface area contributed by atoms with Crippen molar-refractivity contribution in [3.05, 3.63) is 24.0 Å². The van der Waals surface area contributed by atoms with Crippen LogP contribution in [0.25, 0.3) is 0 Å². The Morgan fingerprint density at radius 1 is 1.54 bits per heavy atom. The van der Waals surface area contributed by atoms with Crippen molar-refractivity contribution in [2.45, 2.75) is 13.8 Å². The van der Waals surface area contributed by atoms with Crippen LogP contribution in [0.2, 0.25) is 0 Å². The molecule has 0 bridgehead atoms. The van der Waals surface area contributed by atoms with E-state index in [1.54, 1.807) is 0 Å². The summed E-state index contributed by atoms with van der Waals surface area (Å²) in [6, 6.07) is 2.04. The van der Waals surface area contributed by atoms with Gasteiger partial charge < -0.3 is 10.6 Å². The lowest BCUT2D eigenvalue weighted by molar-refractivity contribution is 0.812. The van der Waals surface area contributed by atoms with Gasteiger partial charge in [0, 0.05) is 37.7 Å². The van der Waals surface area contributed by atoms with Gasteiger partial charge in [-0.15, -0.1) is 0 Å². The van der Waals surface area contributed by atoms with Crippen LogP contribution in [-0.4, -0.2) is 24.6 Å². The van der Waals surface area contributed by atoms with Gasteiger partial charge in [-0.2, -0.15) is 0 Å². The Morgan fingerprint density at radius 2 is 2.31 bits per heavy atom. The Balaban J connectivity index is 2.84. The second-order valence-corrected chi connectivity index (χ2v) is 3.03. The highest BCUT2D eigenvalue weighted by Gasteiger charge is 2.04. The summed E-state index contributed by atoms with van der Waals surface area (Å²) in [7, 11) is 0. The van der Waals surface area contributed by atoms with Crippen molar-refractivity contribution in [2.24, 2.45) is 5.73 Å². The molecule has 0 aliphatic heterocycles. The van der Waals surface area contributed by atoms with E-state index in [9.17, 15) is 0 Å². The van der Waals surface area contributed by atoms with Crippen molar-refractivity contribution in [2.75, 3.05) is 24.5 Å². The summed E-state index contributed by atoms with van der Waals surface area (Å²) < 4.78 is 0. The van der Waals surface area contributed by atoms with E-state index in [1.165, 1.54) is 11.3 Å². The first-order chi connectivity index (χ1) is 6.29. The molecule has 72 valence electrons. The second-order valence-electron chi connectivity index (χ2n) is 3.03. The molecule has 0 amide bonds. The lowest BCUT2D eigenvalue weighted by Gasteiger charge is -2.23. The van der Waals surface area contributed by atoms with E-state index in [1.807, 2.05) is 18.5 Å². The number of hydrogen-bond donors (Lipinski definition) is 1. The first kappa shape index (κ1) is 9.99. The number of aryl methyl sites for hydroxylation is 1. The average Bonchev–Trinajstić information content (AvgIpc) is 2.16. The molecule has 0 fully saturated rings. The van der Waals surface area contributed by atoms with Crippen LogP contribution in [0, 0.1) is 6.92 Å². The van der Waals surface area contributed by atoms with Crippen molar-refractivity contribution >= 4 is 5.69 Å². The monoisotopic (exact) mass is 179 g/mol. The molecule has 0 spiro atoms. The summed E-state index contributed by atoms with van der Waals surface area (Å²) in [5.74, 6) is 0. The fraction of sp³-hybridized carbons (Fsp3) is 0.500. The SMILES string of the molecule is CCN(CCN)c1ccncc1C. The molecule has 0 unspecified atom stereocenters. The molecule has 0 aliphatic carbocycles. The van der Waals surface area contributed by atoms with Crippen molar-refractivity contribution in [1.29, 1.82) is 0 Å². The molecule has 13 heavy (non-hydrogen) atoms. The molecule has 0 saturated heterocycles. The number of likely N-dealkylation sites (N-methyl/N-ethyl adjacent to an activating group) is 1. The second kappa shape index (κ2) is 4.82. The fourth-order valence-electron chi connectivity index (χ4n) is 1.43. The van der Waals surface area contributed by atoms with E-state index in [-0.39, 0.29) is 0 Å². The summed E-state index contributed by atoms with van der Waals surface area (Å²) in [6.07, 6.45) is 3.70. The van der Waals surface area contributed by atoms with E-state index < -0.39 is 0 Å². The minimum absolute atomic E-state index is 0.690. The normalized spacial score (nSPS) is 10.1. The van der Waals surface area contributed by atoms with Crippen molar-refractivity contribution in [1.82, 2.24) is 4.98 Å². The molecule has 3 nitrogen and oxygen atoms in total. The van der Waals surface area contributed by atoms with Crippen molar-refractivity contribution in [3.8, 4) is 0 Å². The lowest BCUT2D eigenvalue weighted by atomic mass is 10.2. The average molecular weight is 179 g/mol. The van der Waals surface area contributed by atoms with Gasteiger partial charge in [-0.05, 0) is 25.5 Å². The molecule has 0 radical (unpaired) electrons. The zero-order chi connectivity index (χ0) is 9.68. The Hall–Kier alpha value is -1.09. The predicted molar refractivity (Wildman–Crippen MR) is 55.9 cm³/mol. The number of nitrogens with zero attached hydrogens (tertiary/aromatic N) is 2. The number of hydrogen-bond acceptors (Lipinski definition) is 3. The van der Waals surface area contributed by atoms with Crippen LogP contribution in [0.1, 0.15) is 12.5 Å². The van der Waals surface area contributed by atoms with Gasteiger partial charge in [-0.1, -0.05) is 0 Å². The molecule has 0 saturated carbocycles. The number of aromatic nitrogens is 1. The maximum absolute atomic E-state index is 5.54. The highest BCUT2D eigenvalue weighted by molar-refractivity contribution is 5.51. The van der Waals surface area contributed by atoms with Crippen LogP contribution in [0.4, 0.5) is 5.69 Å². The first-order valence-corrected chi connectivity index (χ1v) is 4.65. The molecule has 1 rings (SSSR count). The topological polar surface area (TPSA) is 42.1 Å². The van der Waals surface area contributed by atoms with Gasteiger partial charge in [0.05, 0.1) is 0 Å². The zero-order valence-electron chi connectivity index (χ0n) is 8.33. The Kier molecular flexibility index (Phi) is 3.71. The largest absolute Gasteiger partial charge is 0.370 e. The molecule has 3 heteroatoms. The van der Waals surface area contributed by atoms with Gasteiger partial charge >= 0.3 is 0 Å². The summed E-state index contributed by atoms with van der Waals surface area (Å²) in [6.45, 7) is 6.79. The summed E-state index contributed by atoms with van der Waals surface area (Å²) in [4.78, 5) is 6.32. The van der Waals surface area contributed by atoms with Crippen molar-refractivity contribution in [3.63, 3.8) is 0 Å². The highest BCUT2D eigenvalue weighted by Crippen LogP contribution is 2.16. The van der Waals surface area contributed by atoms with Crippen LogP contribution in [-0.2, 0) is 0 Å². The Morgan fingerprint density at radius 3 is 2.85 bits per heavy atom. The summed E-state index contributed by atoms with van der Waals surface area (Å²) in [5, 5.41) is 0. The van der Waals surface area contributed by atoms with Gasteiger partial charge in [0.15, 0.2) is 0 Å². The molecule has 0 aliphatic rings. The van der Waals surface area contributed by atoms with E-state index in [2.05, 4.69) is 23.7 Å². The van der Waals surface area contributed by atoms with E-state index in [4.69, 9.17) is 5.73 Å². The third-order valence-corrected chi connectivity index (χ3v) is 2.11. The standard InChI is InChI=1S/C10H17N3/c1-3-13(7-5-11)10-4-6-12-8-9(10)2/h4,6,8H,3,5,7,11H2,1-2H3. The number of anilines is 1. The van der Waals surface area contributed by atoms with E-state index in [0.29, 0.717) is 6.54 Å². The fourth-order valence-corrected chi connectivity index (χ4v) is 1.43. The molecule has 1 heterocycles. The maximum atomic E-state index is 5.54. The van der Waals surface area contributed by atoms with Crippen LogP contribution in [0.3, 0.4) is 0 Å². The number of rotatable bonds is 4. The van der Waals surface area contributed by atoms with Crippen LogP contribution in [0.5, 0.6) is 0 Å². The van der Waals surface area contributed by atoms with Gasteiger partial charge in [-0.3, -0.25) is 4.98 Å². The molecule has 2 N–H and O–H groups in total. The Bertz CT molecular complexity index is 260. The molecular formula is C10H17N3. The molecule has 1 aromatic heterocycles. The van der Waals surface area contributed by atoms with Crippen molar-refractivity contribution < 1.29 is 0 Å². The summed E-state index contributed by atoms with van der Waals surface area (Å²) >= 11 is 0. The minimum Gasteiger partial charge on any atom is -0.370 e. The minimum atomic E-state index is 0.690.